The van der Waals surface area contributed by atoms with E-state index in [4.69, 9.17) is 9.47 Å². The highest BCUT2D eigenvalue weighted by atomic mass is 16.5. The molecule has 0 saturated heterocycles. The molecule has 6 nitrogen and oxygen atoms in total. The molecule has 1 aromatic heterocycles. The Hall–Kier alpha value is -3.54. The van der Waals surface area contributed by atoms with E-state index in [0.717, 1.165) is 11.1 Å². The summed E-state index contributed by atoms with van der Waals surface area (Å²) in [5.74, 6) is 1.43. The van der Waals surface area contributed by atoms with Gasteiger partial charge in [-0.05, 0) is 47.5 Å². The van der Waals surface area contributed by atoms with Crippen molar-refractivity contribution in [3.8, 4) is 11.5 Å². The van der Waals surface area contributed by atoms with E-state index >= 15 is 0 Å². The molecular weight excluding hydrogens is 332 g/mol. The van der Waals surface area contributed by atoms with Crippen LogP contribution < -0.4 is 31.3 Å². The lowest BCUT2D eigenvalue weighted by Crippen LogP contribution is -2.46. The second kappa shape index (κ2) is 7.57. The van der Waals surface area contributed by atoms with Crippen molar-refractivity contribution in [2.45, 2.75) is 0 Å². The molecule has 3 aromatic rings. The highest BCUT2D eigenvalue weighted by Gasteiger charge is 1.98. The zero-order valence-corrected chi connectivity index (χ0v) is 14.4. The van der Waals surface area contributed by atoms with Crippen LogP contribution in [0.25, 0.3) is 12.2 Å². The third-order valence-corrected chi connectivity index (χ3v) is 3.84. The first-order valence-corrected chi connectivity index (χ1v) is 7.93. The van der Waals surface area contributed by atoms with Gasteiger partial charge in [-0.25, -0.2) is 0 Å². The van der Waals surface area contributed by atoms with Crippen molar-refractivity contribution in [2.24, 2.45) is 0 Å². The van der Waals surface area contributed by atoms with E-state index in [1.807, 2.05) is 0 Å². The molecule has 0 aliphatic rings. The van der Waals surface area contributed by atoms with Gasteiger partial charge in [-0.15, -0.1) is 0 Å². The van der Waals surface area contributed by atoms with Crippen LogP contribution in [-0.2, 0) is 0 Å². The van der Waals surface area contributed by atoms with Gasteiger partial charge in [0.25, 0.3) is 11.1 Å². The van der Waals surface area contributed by atoms with Crippen LogP contribution in [0.2, 0.25) is 0 Å². The Morgan fingerprint density at radius 1 is 0.654 bits per heavy atom. The lowest BCUT2D eigenvalue weighted by atomic mass is 10.2. The van der Waals surface area contributed by atoms with Crippen LogP contribution in [0.4, 0.5) is 0 Å². The van der Waals surface area contributed by atoms with Gasteiger partial charge in [0, 0.05) is 0 Å². The van der Waals surface area contributed by atoms with E-state index in [9.17, 15) is 9.59 Å². The second-order valence-corrected chi connectivity index (χ2v) is 5.57. The quantitative estimate of drug-likeness (QED) is 0.727. The van der Waals surface area contributed by atoms with Crippen LogP contribution in [0.3, 0.4) is 0 Å². The average molecular weight is 350 g/mol. The Kier molecular flexibility index (Phi) is 5.03. The first kappa shape index (κ1) is 17.3. The first-order chi connectivity index (χ1) is 12.6. The van der Waals surface area contributed by atoms with Crippen molar-refractivity contribution in [3.05, 3.63) is 91.1 Å². The van der Waals surface area contributed by atoms with Crippen molar-refractivity contribution in [1.29, 1.82) is 0 Å². The summed E-state index contributed by atoms with van der Waals surface area (Å²) in [5.41, 5.74) is 0.804. The minimum absolute atomic E-state index is 0.187. The van der Waals surface area contributed by atoms with Gasteiger partial charge in [0.05, 0.1) is 14.2 Å². The van der Waals surface area contributed by atoms with Gasteiger partial charge in [0.15, 0.2) is 0 Å². The fraction of sp³-hybridized carbons (Fsp3) is 0.100. The predicted octanol–water partition coefficient (Wildman–Crippen LogP) is 0.738. The largest absolute Gasteiger partial charge is 0.497 e. The van der Waals surface area contributed by atoms with Gasteiger partial charge < -0.3 is 19.4 Å². The summed E-state index contributed by atoms with van der Waals surface area (Å²) < 4.78 is 10.2. The number of ether oxygens (including phenoxy) is 2. The Balaban J connectivity index is 2.02. The van der Waals surface area contributed by atoms with Gasteiger partial charge in [-0.1, -0.05) is 24.3 Å². The predicted molar refractivity (Wildman–Crippen MR) is 100 cm³/mol. The van der Waals surface area contributed by atoms with E-state index in [0.29, 0.717) is 11.5 Å². The van der Waals surface area contributed by atoms with Crippen LogP contribution in [0, 0.1) is 0 Å². The Morgan fingerprint density at radius 3 is 1.31 bits per heavy atom. The Bertz CT molecular complexity index is 1030. The molecule has 0 unspecified atom stereocenters. The molecule has 0 saturated carbocycles. The first-order valence-electron chi connectivity index (χ1n) is 7.93. The van der Waals surface area contributed by atoms with Crippen LogP contribution in [0.15, 0.2) is 58.1 Å². The Labute approximate surface area is 149 Å². The van der Waals surface area contributed by atoms with Gasteiger partial charge >= 0.3 is 0 Å². The maximum atomic E-state index is 12.3. The zero-order chi connectivity index (χ0) is 18.5. The van der Waals surface area contributed by atoms with E-state index in [1.165, 1.54) is 0 Å². The summed E-state index contributed by atoms with van der Waals surface area (Å²) in [6, 6.07) is 14.3. The van der Waals surface area contributed by atoms with Crippen LogP contribution in [-0.4, -0.2) is 24.2 Å². The molecule has 0 bridgehead atoms. The molecule has 3 rings (SSSR count). The SMILES string of the molecule is COc1ccc(/C=c2\[nH]c(=O)/c(=C\c3ccc(OC)cc3)[nH]c2=O)cc1. The van der Waals surface area contributed by atoms with Gasteiger partial charge in [-0.2, -0.15) is 0 Å². The van der Waals surface area contributed by atoms with Gasteiger partial charge in [0.1, 0.15) is 22.2 Å². The number of H-pyrrole nitrogens is 2. The summed E-state index contributed by atoms with van der Waals surface area (Å²) >= 11 is 0. The molecule has 6 heteroatoms. The lowest BCUT2D eigenvalue weighted by Gasteiger charge is -1.99. The van der Waals surface area contributed by atoms with Crippen molar-refractivity contribution in [3.63, 3.8) is 0 Å². The van der Waals surface area contributed by atoms with Crippen molar-refractivity contribution >= 4 is 12.2 Å². The molecule has 0 aliphatic carbocycles. The number of aromatic amines is 2. The minimum atomic E-state index is -0.375. The van der Waals surface area contributed by atoms with Crippen LogP contribution in [0.5, 0.6) is 11.5 Å². The Morgan fingerprint density at radius 2 is 1.00 bits per heavy atom. The molecule has 0 radical (unpaired) electrons. The third kappa shape index (κ3) is 3.92. The van der Waals surface area contributed by atoms with E-state index in [1.54, 1.807) is 74.9 Å². The second-order valence-electron chi connectivity index (χ2n) is 5.57. The number of rotatable bonds is 4. The summed E-state index contributed by atoms with van der Waals surface area (Å²) in [6.45, 7) is 0. The van der Waals surface area contributed by atoms with Crippen molar-refractivity contribution in [2.75, 3.05) is 14.2 Å². The molecule has 0 atom stereocenters. The van der Waals surface area contributed by atoms with Crippen molar-refractivity contribution < 1.29 is 9.47 Å². The molecule has 132 valence electrons. The monoisotopic (exact) mass is 350 g/mol. The van der Waals surface area contributed by atoms with Crippen LogP contribution >= 0.6 is 0 Å². The van der Waals surface area contributed by atoms with E-state index in [2.05, 4.69) is 9.97 Å². The van der Waals surface area contributed by atoms with Gasteiger partial charge in [-0.3, -0.25) is 9.59 Å². The summed E-state index contributed by atoms with van der Waals surface area (Å²) in [5, 5.41) is 0.374. The molecule has 2 N–H and O–H groups in total. The fourth-order valence-electron chi connectivity index (χ4n) is 2.43. The topological polar surface area (TPSA) is 84.2 Å². The zero-order valence-electron chi connectivity index (χ0n) is 14.4. The molecule has 26 heavy (non-hydrogen) atoms. The number of aromatic nitrogens is 2. The summed E-state index contributed by atoms with van der Waals surface area (Å²) in [6.07, 6.45) is 3.22. The highest BCUT2D eigenvalue weighted by Crippen LogP contribution is 2.11. The fourth-order valence-corrected chi connectivity index (χ4v) is 2.43. The molecule has 0 amide bonds. The average Bonchev–Trinajstić information content (AvgIpc) is 2.67. The molecule has 2 aromatic carbocycles. The lowest BCUT2D eigenvalue weighted by molar-refractivity contribution is 0.414. The number of methoxy groups -OCH3 is 2. The summed E-state index contributed by atoms with van der Waals surface area (Å²) in [7, 11) is 3.16. The van der Waals surface area contributed by atoms with Crippen molar-refractivity contribution in [1.82, 2.24) is 9.97 Å². The van der Waals surface area contributed by atoms with Gasteiger partial charge in [0.2, 0.25) is 0 Å². The van der Waals surface area contributed by atoms with E-state index < -0.39 is 0 Å². The molecule has 0 fully saturated rings. The number of hydrogen-bond donors (Lipinski definition) is 2. The maximum Gasteiger partial charge on any atom is 0.272 e. The molecule has 0 spiro atoms. The molecule has 0 aliphatic heterocycles. The molecular formula is C20H18N2O4. The standard InChI is InChI=1S/C20H18N2O4/c1-25-15-7-3-13(4-8-15)11-17-19(23)22-18(20(24)21-17)12-14-5-9-16(26-2)10-6-14/h3-12H,1-2H3,(H,21,24)(H,22,23)/b17-11-,18-12+. The molecule has 1 heterocycles. The normalized spacial score (nSPS) is 12.2. The number of hydrogen-bond acceptors (Lipinski definition) is 4. The third-order valence-electron chi connectivity index (χ3n) is 3.84. The summed E-state index contributed by atoms with van der Waals surface area (Å²) in [4.78, 5) is 29.8. The van der Waals surface area contributed by atoms with Crippen LogP contribution in [0.1, 0.15) is 11.1 Å². The highest BCUT2D eigenvalue weighted by molar-refractivity contribution is 5.51. The minimum Gasteiger partial charge on any atom is -0.497 e. The number of benzene rings is 2. The van der Waals surface area contributed by atoms with E-state index in [-0.39, 0.29) is 21.8 Å². The number of nitrogens with one attached hydrogen (secondary N) is 2. The maximum absolute atomic E-state index is 12.3. The smallest absolute Gasteiger partial charge is 0.272 e.